The molecule has 0 spiro atoms. The summed E-state index contributed by atoms with van der Waals surface area (Å²) in [4.78, 5) is 0. The summed E-state index contributed by atoms with van der Waals surface area (Å²) >= 11 is -3.28. The topological polar surface area (TPSA) is 33.0 Å². The summed E-state index contributed by atoms with van der Waals surface area (Å²) in [7, 11) is 20.1. The first-order valence-corrected chi connectivity index (χ1v) is 19.4. The quantitative estimate of drug-likeness (QED) is 0.445. The van der Waals surface area contributed by atoms with E-state index in [4.69, 9.17) is 48.1 Å². The van der Waals surface area contributed by atoms with Crippen molar-refractivity contribution in [2.75, 3.05) is 13.2 Å². The maximum atomic E-state index is 7.00. The van der Waals surface area contributed by atoms with Crippen molar-refractivity contribution in [3.8, 4) is 0 Å². The van der Waals surface area contributed by atoms with Crippen molar-refractivity contribution in [3.63, 3.8) is 0 Å². The zero-order valence-corrected chi connectivity index (χ0v) is 15.0. The Hall–Kier alpha value is 0.828. The van der Waals surface area contributed by atoms with E-state index in [0.717, 1.165) is 13.2 Å². The normalized spacial score (nSPS) is 15.1. The summed E-state index contributed by atoms with van der Waals surface area (Å²) in [6.45, 7) is 2.00. The summed E-state index contributed by atoms with van der Waals surface area (Å²) < 4.78 is 4.94. The molecule has 0 saturated carbocycles. The molecule has 1 heterocycles. The Balaban J connectivity index is 0.000000232. The van der Waals surface area contributed by atoms with Crippen LogP contribution in [0.5, 0.6) is 0 Å². The Morgan fingerprint density at radius 3 is 1.53 bits per heavy atom. The van der Waals surface area contributed by atoms with Crippen molar-refractivity contribution >= 4 is 43.4 Å². The summed E-state index contributed by atoms with van der Waals surface area (Å²) in [5.74, 6) is 0. The van der Waals surface area contributed by atoms with E-state index >= 15 is 0 Å². The summed E-state index contributed by atoms with van der Waals surface area (Å²) in [6.07, 6.45) is 2.56. The fourth-order valence-electron chi connectivity index (χ4n) is 0.948. The first kappa shape index (κ1) is 17.8. The minimum absolute atomic E-state index is 0.572. The van der Waals surface area contributed by atoms with Crippen LogP contribution >= 0.6 is 37.7 Å². The number of hydrogen-bond acceptors (Lipinski definition) is 1. The number of nitrogens with one attached hydrogen (secondary N) is 1. The van der Waals surface area contributed by atoms with Crippen molar-refractivity contribution < 1.29 is 16.6 Å². The second-order valence-electron chi connectivity index (χ2n) is 3.04. The van der Waals surface area contributed by atoms with Gasteiger partial charge in [0.25, 0.3) is 0 Å². The van der Waals surface area contributed by atoms with Crippen LogP contribution in [-0.2, 0) is 16.6 Å². The molecule has 1 fully saturated rings. The molecule has 1 aliphatic rings. The van der Waals surface area contributed by atoms with Crippen molar-refractivity contribution in [2.24, 2.45) is 0 Å². The molecular formula is C10H14Cl4NOW-. The van der Waals surface area contributed by atoms with Crippen molar-refractivity contribution in [3.05, 3.63) is 36.1 Å². The first-order valence-electron chi connectivity index (χ1n) is 4.86. The molecule has 0 unspecified atom stereocenters. The molecule has 0 radical (unpaired) electrons. The number of rotatable bonds is 0. The molecule has 2 nitrogen and oxygen atoms in total. The summed E-state index contributed by atoms with van der Waals surface area (Å²) in [5, 5.41) is 0. The predicted molar refractivity (Wildman–Crippen MR) is 73.9 cm³/mol. The standard InChI is InChI=1S/C6H6N.C4H8O.4ClH.W/c7-6-4-2-1-3-5-6;1-2-4-5-3-1;;;;;/h1-5,7H;1-4H2;4*1H;/q-1;;;;;;+4/p-4. The predicted octanol–water partition coefficient (Wildman–Crippen LogP) is 5.92. The smallest absolute Gasteiger partial charge is 0.0624 e. The molecule has 0 bridgehead atoms. The molecule has 1 aromatic rings. The van der Waals surface area contributed by atoms with Gasteiger partial charge < -0.3 is 10.5 Å². The van der Waals surface area contributed by atoms with Crippen LogP contribution in [0.2, 0.25) is 0 Å². The Morgan fingerprint density at radius 1 is 0.941 bits per heavy atom. The monoisotopic (exact) mass is 488 g/mol. The zero-order chi connectivity index (χ0) is 13.1. The molecule has 0 amide bonds. The van der Waals surface area contributed by atoms with E-state index in [-0.39, 0.29) is 0 Å². The van der Waals surface area contributed by atoms with Gasteiger partial charge >= 0.3 is 49.6 Å². The van der Waals surface area contributed by atoms with Gasteiger partial charge in [0.05, 0.1) is 0 Å². The molecule has 1 saturated heterocycles. The molecule has 1 N–H and O–H groups in total. The first-order chi connectivity index (χ1) is 7.89. The Bertz CT molecular complexity index is 264. The molecule has 1 aliphatic heterocycles. The van der Waals surface area contributed by atoms with E-state index in [9.17, 15) is 0 Å². The van der Waals surface area contributed by atoms with Crippen LogP contribution in [0.15, 0.2) is 30.3 Å². The van der Waals surface area contributed by atoms with Crippen LogP contribution in [0.1, 0.15) is 12.8 Å². The Labute approximate surface area is 121 Å². The fraction of sp³-hybridized carbons (Fsp3) is 0.400. The molecule has 17 heavy (non-hydrogen) atoms. The van der Waals surface area contributed by atoms with Gasteiger partial charge in [-0.2, -0.15) is 0 Å². The third-order valence-corrected chi connectivity index (χ3v) is 1.60. The van der Waals surface area contributed by atoms with Crippen molar-refractivity contribution in [1.29, 1.82) is 0 Å². The van der Waals surface area contributed by atoms with Gasteiger partial charge in [-0.15, -0.1) is 5.69 Å². The molecule has 0 aliphatic carbocycles. The maximum Gasteiger partial charge on any atom is -0.0624 e. The molecule has 7 heteroatoms. The van der Waals surface area contributed by atoms with Crippen molar-refractivity contribution in [2.45, 2.75) is 12.8 Å². The van der Waals surface area contributed by atoms with Gasteiger partial charge in [0, 0.05) is 13.2 Å². The van der Waals surface area contributed by atoms with Gasteiger partial charge in [0.1, 0.15) is 0 Å². The fourth-order valence-corrected chi connectivity index (χ4v) is 0.948. The van der Waals surface area contributed by atoms with Gasteiger partial charge in [-0.05, 0) is 12.8 Å². The van der Waals surface area contributed by atoms with Crippen molar-refractivity contribution in [1.82, 2.24) is 0 Å². The van der Waals surface area contributed by atoms with Crippen LogP contribution in [-0.4, -0.2) is 13.2 Å². The van der Waals surface area contributed by atoms with Gasteiger partial charge in [-0.3, -0.25) is 0 Å². The van der Waals surface area contributed by atoms with Crippen LogP contribution in [0, 0.1) is 0 Å². The molecular weight excluding hydrogens is 476 g/mol. The summed E-state index contributed by atoms with van der Waals surface area (Å²) in [5.41, 5.74) is 7.57. The number of ether oxygens (including phenoxy) is 1. The van der Waals surface area contributed by atoms with Crippen LogP contribution in [0.3, 0.4) is 0 Å². The van der Waals surface area contributed by atoms with Crippen LogP contribution in [0.4, 0.5) is 5.69 Å². The van der Waals surface area contributed by atoms with Gasteiger partial charge in [0.15, 0.2) is 0 Å². The third-order valence-electron chi connectivity index (χ3n) is 1.60. The third kappa shape index (κ3) is 19.4. The minimum Gasteiger partial charge on any atom is -0.699 e. The summed E-state index contributed by atoms with van der Waals surface area (Å²) in [6, 6.07) is 9.10. The SMILES string of the molecule is C1CCOC1.[Cl][W]([Cl])([Cl])[Cl].[NH-]c1ccccc1. The van der Waals surface area contributed by atoms with Crippen LogP contribution in [0.25, 0.3) is 5.73 Å². The molecule has 1 aromatic carbocycles. The average molecular weight is 490 g/mol. The Morgan fingerprint density at radius 2 is 1.35 bits per heavy atom. The van der Waals surface area contributed by atoms with E-state index in [0.29, 0.717) is 5.69 Å². The second-order valence-corrected chi connectivity index (χ2v) is 28.5. The molecule has 0 atom stereocenters. The number of halogens is 4. The molecule has 100 valence electrons. The zero-order valence-electron chi connectivity index (χ0n) is 9.04. The van der Waals surface area contributed by atoms with E-state index < -0.39 is 11.9 Å². The van der Waals surface area contributed by atoms with E-state index in [1.54, 1.807) is 12.1 Å². The Kier molecular flexibility index (Phi) is 11.2. The largest absolute Gasteiger partial charge is 0.699 e. The minimum atomic E-state index is -3.28. The van der Waals surface area contributed by atoms with Crippen LogP contribution < -0.4 is 0 Å². The van der Waals surface area contributed by atoms with E-state index in [2.05, 4.69) is 0 Å². The molecule has 0 aromatic heterocycles. The van der Waals surface area contributed by atoms with Gasteiger partial charge in [0.2, 0.25) is 0 Å². The van der Waals surface area contributed by atoms with E-state index in [1.807, 2.05) is 18.2 Å². The maximum absolute atomic E-state index is 7.00. The second kappa shape index (κ2) is 10.7. The van der Waals surface area contributed by atoms with E-state index in [1.165, 1.54) is 12.8 Å². The van der Waals surface area contributed by atoms with Gasteiger partial charge in [-0.25, -0.2) is 0 Å². The van der Waals surface area contributed by atoms with Gasteiger partial charge in [-0.1, -0.05) is 30.3 Å². The number of hydrogen-bond donors (Lipinski definition) is 0. The number of benzene rings is 1. The average Bonchev–Trinajstić information content (AvgIpc) is 2.73. The molecule has 2 rings (SSSR count).